The molecule has 2 aromatic rings. The summed E-state index contributed by atoms with van der Waals surface area (Å²) in [7, 11) is 0. The van der Waals surface area contributed by atoms with E-state index in [-0.39, 0.29) is 0 Å². The van der Waals surface area contributed by atoms with Crippen molar-refractivity contribution in [3.8, 4) is 0 Å². The standard InChI is InChI=1S/C9H5BrO2/c10-9-4-7-2-1-6(5-11)3-8(7)12-9/h1-5H. The fourth-order valence-corrected chi connectivity index (χ4v) is 1.51. The minimum Gasteiger partial charge on any atom is -0.449 e. The Balaban J connectivity index is 2.74. The van der Waals surface area contributed by atoms with Crippen LogP contribution in [0.4, 0.5) is 0 Å². The van der Waals surface area contributed by atoms with Gasteiger partial charge in [0.25, 0.3) is 0 Å². The zero-order valence-electron chi connectivity index (χ0n) is 6.08. The Kier molecular flexibility index (Phi) is 1.73. The number of halogens is 1. The third-order valence-corrected chi connectivity index (χ3v) is 2.04. The van der Waals surface area contributed by atoms with Crippen LogP contribution in [0, 0.1) is 0 Å². The molecule has 3 heteroatoms. The maximum atomic E-state index is 10.4. The molecule has 0 amide bonds. The molecule has 2 rings (SSSR count). The smallest absolute Gasteiger partial charge is 0.170 e. The number of furan rings is 1. The summed E-state index contributed by atoms with van der Waals surface area (Å²) >= 11 is 3.22. The van der Waals surface area contributed by atoms with Crippen LogP contribution in [-0.2, 0) is 0 Å². The molecule has 0 saturated carbocycles. The van der Waals surface area contributed by atoms with E-state index in [2.05, 4.69) is 15.9 Å². The lowest BCUT2D eigenvalue weighted by Gasteiger charge is -1.88. The molecule has 0 saturated heterocycles. The number of carbonyl (C=O) groups is 1. The minimum absolute atomic E-state index is 0.629. The number of benzene rings is 1. The summed E-state index contributed by atoms with van der Waals surface area (Å²) in [5, 5.41) is 0.993. The van der Waals surface area contributed by atoms with Gasteiger partial charge in [-0.15, -0.1) is 0 Å². The highest BCUT2D eigenvalue weighted by Gasteiger charge is 2.00. The van der Waals surface area contributed by atoms with Gasteiger partial charge in [0.2, 0.25) is 0 Å². The number of hydrogen-bond acceptors (Lipinski definition) is 2. The molecule has 60 valence electrons. The monoisotopic (exact) mass is 224 g/mol. The Bertz CT molecular complexity index is 431. The molecule has 1 heterocycles. The van der Waals surface area contributed by atoms with Crippen molar-refractivity contribution in [1.29, 1.82) is 0 Å². The zero-order valence-corrected chi connectivity index (χ0v) is 7.67. The minimum atomic E-state index is 0.629. The predicted octanol–water partition coefficient (Wildman–Crippen LogP) is 3.01. The van der Waals surface area contributed by atoms with E-state index in [1.54, 1.807) is 12.1 Å². The van der Waals surface area contributed by atoms with Crippen molar-refractivity contribution in [1.82, 2.24) is 0 Å². The first kappa shape index (κ1) is 7.55. The lowest BCUT2D eigenvalue weighted by molar-refractivity contribution is 0.112. The van der Waals surface area contributed by atoms with Gasteiger partial charge in [0.1, 0.15) is 11.9 Å². The first-order chi connectivity index (χ1) is 5.79. The molecule has 12 heavy (non-hydrogen) atoms. The summed E-state index contributed by atoms with van der Waals surface area (Å²) in [6.45, 7) is 0. The maximum Gasteiger partial charge on any atom is 0.170 e. The fourth-order valence-electron chi connectivity index (χ4n) is 1.09. The Morgan fingerprint density at radius 1 is 1.33 bits per heavy atom. The molecule has 0 aliphatic carbocycles. The van der Waals surface area contributed by atoms with Crippen LogP contribution in [-0.4, -0.2) is 6.29 Å². The van der Waals surface area contributed by atoms with Gasteiger partial charge >= 0.3 is 0 Å². The van der Waals surface area contributed by atoms with Crippen molar-refractivity contribution in [3.05, 3.63) is 34.5 Å². The van der Waals surface area contributed by atoms with Gasteiger partial charge in [0.15, 0.2) is 4.67 Å². The van der Waals surface area contributed by atoms with E-state index in [1.807, 2.05) is 12.1 Å². The van der Waals surface area contributed by atoms with Gasteiger partial charge in [-0.2, -0.15) is 0 Å². The van der Waals surface area contributed by atoms with Crippen molar-refractivity contribution < 1.29 is 9.21 Å². The summed E-state index contributed by atoms with van der Waals surface area (Å²) < 4.78 is 5.95. The normalized spacial score (nSPS) is 10.4. The van der Waals surface area contributed by atoms with Crippen LogP contribution in [0.5, 0.6) is 0 Å². The summed E-state index contributed by atoms with van der Waals surface area (Å²) in [5.74, 6) is 0. The summed E-state index contributed by atoms with van der Waals surface area (Å²) in [4.78, 5) is 10.4. The SMILES string of the molecule is O=Cc1ccc2cc(Br)oc2c1. The molecule has 0 aliphatic heterocycles. The highest BCUT2D eigenvalue weighted by molar-refractivity contribution is 9.10. The predicted molar refractivity (Wildman–Crippen MR) is 49.3 cm³/mol. The van der Waals surface area contributed by atoms with E-state index in [0.29, 0.717) is 10.2 Å². The largest absolute Gasteiger partial charge is 0.449 e. The first-order valence-electron chi connectivity index (χ1n) is 3.44. The molecule has 0 aliphatic rings. The van der Waals surface area contributed by atoms with E-state index in [9.17, 15) is 4.79 Å². The van der Waals surface area contributed by atoms with Gasteiger partial charge in [-0.3, -0.25) is 4.79 Å². The maximum absolute atomic E-state index is 10.4. The van der Waals surface area contributed by atoms with Crippen LogP contribution in [0.25, 0.3) is 11.0 Å². The summed E-state index contributed by atoms with van der Waals surface area (Å²) in [6, 6.07) is 7.20. The van der Waals surface area contributed by atoms with Gasteiger partial charge in [0.05, 0.1) is 0 Å². The molecule has 0 fully saturated rings. The first-order valence-corrected chi connectivity index (χ1v) is 4.23. The van der Waals surface area contributed by atoms with Crippen molar-refractivity contribution >= 4 is 33.2 Å². The molecule has 0 N–H and O–H groups in total. The van der Waals surface area contributed by atoms with Crippen LogP contribution in [0.3, 0.4) is 0 Å². The molecule has 0 radical (unpaired) electrons. The van der Waals surface area contributed by atoms with E-state index in [1.165, 1.54) is 0 Å². The van der Waals surface area contributed by atoms with E-state index < -0.39 is 0 Å². The number of carbonyl (C=O) groups excluding carboxylic acids is 1. The van der Waals surface area contributed by atoms with Crippen molar-refractivity contribution in [2.75, 3.05) is 0 Å². The lowest BCUT2D eigenvalue weighted by atomic mass is 10.2. The van der Waals surface area contributed by atoms with Gasteiger partial charge in [-0.05, 0) is 28.1 Å². The molecule has 0 bridgehead atoms. The van der Waals surface area contributed by atoms with Gasteiger partial charge < -0.3 is 4.42 Å². The number of aldehydes is 1. The highest BCUT2D eigenvalue weighted by atomic mass is 79.9. The molecular formula is C9H5BrO2. The molecular weight excluding hydrogens is 220 g/mol. The van der Waals surface area contributed by atoms with Gasteiger partial charge in [0, 0.05) is 10.9 Å². The third kappa shape index (κ3) is 1.16. The van der Waals surface area contributed by atoms with Crippen molar-refractivity contribution in [2.45, 2.75) is 0 Å². The van der Waals surface area contributed by atoms with Crippen LogP contribution in [0.2, 0.25) is 0 Å². The molecule has 0 atom stereocenters. The molecule has 1 aromatic carbocycles. The van der Waals surface area contributed by atoms with Crippen LogP contribution >= 0.6 is 15.9 Å². The number of rotatable bonds is 1. The van der Waals surface area contributed by atoms with E-state index in [0.717, 1.165) is 17.3 Å². The topological polar surface area (TPSA) is 30.2 Å². The van der Waals surface area contributed by atoms with Crippen LogP contribution in [0.15, 0.2) is 33.4 Å². The average molecular weight is 225 g/mol. The molecule has 1 aromatic heterocycles. The second-order valence-corrected chi connectivity index (χ2v) is 3.25. The molecule has 0 spiro atoms. The lowest BCUT2D eigenvalue weighted by Crippen LogP contribution is -1.75. The Hall–Kier alpha value is -1.09. The van der Waals surface area contributed by atoms with Crippen LogP contribution in [0.1, 0.15) is 10.4 Å². The van der Waals surface area contributed by atoms with E-state index in [4.69, 9.17) is 4.42 Å². The van der Waals surface area contributed by atoms with Crippen molar-refractivity contribution in [2.24, 2.45) is 0 Å². The Morgan fingerprint density at radius 2 is 2.17 bits per heavy atom. The Morgan fingerprint density at radius 3 is 2.92 bits per heavy atom. The molecule has 2 nitrogen and oxygen atoms in total. The highest BCUT2D eigenvalue weighted by Crippen LogP contribution is 2.23. The number of fused-ring (bicyclic) bond motifs is 1. The summed E-state index contributed by atoms with van der Waals surface area (Å²) in [5.41, 5.74) is 1.36. The quantitative estimate of drug-likeness (QED) is 0.698. The van der Waals surface area contributed by atoms with Gasteiger partial charge in [-0.1, -0.05) is 12.1 Å². The number of hydrogen-bond donors (Lipinski definition) is 0. The fraction of sp³-hybridized carbons (Fsp3) is 0. The van der Waals surface area contributed by atoms with E-state index >= 15 is 0 Å². The average Bonchev–Trinajstić information content (AvgIpc) is 2.43. The molecule has 0 unspecified atom stereocenters. The Labute approximate surface area is 77.3 Å². The van der Waals surface area contributed by atoms with Crippen molar-refractivity contribution in [3.63, 3.8) is 0 Å². The zero-order chi connectivity index (χ0) is 8.55. The third-order valence-electron chi connectivity index (χ3n) is 1.65. The second kappa shape index (κ2) is 2.75. The van der Waals surface area contributed by atoms with Gasteiger partial charge in [-0.25, -0.2) is 0 Å². The second-order valence-electron chi connectivity index (χ2n) is 2.47. The summed E-state index contributed by atoms with van der Waals surface area (Å²) in [6.07, 6.45) is 0.801. The van der Waals surface area contributed by atoms with Crippen LogP contribution < -0.4 is 0 Å².